The molecular weight excluding hydrogens is 262 g/mol. The number of terminal acetylenes is 1. The maximum atomic E-state index is 12.1. The molecule has 7 nitrogen and oxygen atoms in total. The quantitative estimate of drug-likeness (QED) is 0.723. The van der Waals surface area contributed by atoms with Gasteiger partial charge in [-0.3, -0.25) is 4.79 Å². The van der Waals surface area contributed by atoms with E-state index < -0.39 is 17.7 Å². The Balaban J connectivity index is 1.85. The fourth-order valence-electron chi connectivity index (χ4n) is 2.23. The van der Waals surface area contributed by atoms with Gasteiger partial charge in [0, 0.05) is 32.2 Å². The first-order valence-corrected chi connectivity index (χ1v) is 6.55. The lowest BCUT2D eigenvalue weighted by Crippen LogP contribution is -2.52. The molecule has 0 aromatic rings. The molecule has 1 fully saturated rings. The fraction of sp³-hybridized carbons (Fsp3) is 0.692. The number of carboxylic acid groups (broad SMARTS) is 1. The molecule has 7 heteroatoms. The number of hydrogen-bond donors (Lipinski definition) is 1. The van der Waals surface area contributed by atoms with Crippen LogP contribution in [-0.2, 0) is 14.3 Å². The normalized spacial score (nSPS) is 23.1. The zero-order valence-electron chi connectivity index (χ0n) is 11.1. The topological polar surface area (TPSA) is 91.6 Å². The molecule has 0 aromatic heterocycles. The summed E-state index contributed by atoms with van der Waals surface area (Å²) in [6.07, 6.45) is 7.11. The third-order valence-electron chi connectivity index (χ3n) is 3.53. The van der Waals surface area contributed by atoms with E-state index in [1.54, 1.807) is 0 Å². The van der Waals surface area contributed by atoms with E-state index in [4.69, 9.17) is 16.3 Å². The third kappa shape index (κ3) is 3.33. The first-order valence-electron chi connectivity index (χ1n) is 6.55. The van der Waals surface area contributed by atoms with Crippen LogP contribution in [0.15, 0.2) is 10.2 Å². The molecule has 108 valence electrons. The molecule has 1 atom stereocenters. The predicted octanol–water partition coefficient (Wildman–Crippen LogP) is 0.654. The number of carboxylic acids is 1. The molecule has 0 spiro atoms. The molecule has 2 rings (SSSR count). The summed E-state index contributed by atoms with van der Waals surface area (Å²) < 4.78 is 5.10. The second kappa shape index (κ2) is 6.01. The van der Waals surface area contributed by atoms with E-state index in [1.807, 2.05) is 0 Å². The molecule has 1 saturated heterocycles. The Bertz CT molecular complexity index is 463. The Morgan fingerprint density at radius 2 is 2.20 bits per heavy atom. The maximum Gasteiger partial charge on any atom is 0.328 e. The number of amides is 1. The van der Waals surface area contributed by atoms with E-state index in [9.17, 15) is 9.59 Å². The Kier molecular flexibility index (Phi) is 4.35. The molecule has 0 aromatic carbocycles. The minimum atomic E-state index is -1.04. The van der Waals surface area contributed by atoms with Gasteiger partial charge >= 0.3 is 5.97 Å². The fourth-order valence-corrected chi connectivity index (χ4v) is 2.23. The van der Waals surface area contributed by atoms with Crippen LogP contribution in [0.2, 0.25) is 0 Å². The Hall–Kier alpha value is -1.94. The lowest BCUT2D eigenvalue weighted by Gasteiger charge is -2.33. The average molecular weight is 279 g/mol. The number of ether oxygens (including phenoxy) is 1. The number of rotatable bonds is 6. The van der Waals surface area contributed by atoms with Crippen LogP contribution in [0, 0.1) is 12.3 Å². The van der Waals surface area contributed by atoms with E-state index >= 15 is 0 Å². The molecule has 2 heterocycles. The van der Waals surface area contributed by atoms with Gasteiger partial charge in [-0.15, -0.1) is 12.3 Å². The van der Waals surface area contributed by atoms with Gasteiger partial charge < -0.3 is 14.7 Å². The van der Waals surface area contributed by atoms with Gasteiger partial charge in [0.05, 0.1) is 13.2 Å². The number of nitrogens with zero attached hydrogens (tertiary/aromatic N) is 3. The molecule has 2 aliphatic rings. The van der Waals surface area contributed by atoms with Crippen molar-refractivity contribution in [3.05, 3.63) is 0 Å². The molecule has 1 N–H and O–H groups in total. The van der Waals surface area contributed by atoms with Gasteiger partial charge in [-0.05, 0) is 0 Å². The van der Waals surface area contributed by atoms with Gasteiger partial charge in [-0.2, -0.15) is 10.2 Å². The maximum absolute atomic E-state index is 12.1. The molecule has 20 heavy (non-hydrogen) atoms. The van der Waals surface area contributed by atoms with E-state index in [0.29, 0.717) is 32.4 Å². The highest BCUT2D eigenvalue weighted by Gasteiger charge is 2.40. The molecular formula is C13H17N3O4. The van der Waals surface area contributed by atoms with Crippen molar-refractivity contribution in [1.82, 2.24) is 4.90 Å². The van der Waals surface area contributed by atoms with Crippen molar-refractivity contribution in [3.63, 3.8) is 0 Å². The van der Waals surface area contributed by atoms with Gasteiger partial charge in [-0.1, -0.05) is 0 Å². The van der Waals surface area contributed by atoms with Crippen molar-refractivity contribution in [3.8, 4) is 12.3 Å². The number of carbonyl (C=O) groups excluding carboxylic acids is 1. The van der Waals surface area contributed by atoms with Crippen molar-refractivity contribution >= 4 is 11.9 Å². The summed E-state index contributed by atoms with van der Waals surface area (Å²) in [6.45, 7) is 0.714. The Labute approximate surface area is 117 Å². The minimum absolute atomic E-state index is 0.0397. The SMILES string of the molecule is C#CCCC1(CCC(=O)N2CCOCC2C(=O)O)N=N1. The van der Waals surface area contributed by atoms with Crippen molar-refractivity contribution in [2.75, 3.05) is 19.8 Å². The largest absolute Gasteiger partial charge is 0.480 e. The summed E-state index contributed by atoms with van der Waals surface area (Å²) in [4.78, 5) is 24.6. The first-order chi connectivity index (χ1) is 9.58. The van der Waals surface area contributed by atoms with Gasteiger partial charge in [-0.25, -0.2) is 4.79 Å². The molecule has 0 radical (unpaired) electrons. The third-order valence-corrected chi connectivity index (χ3v) is 3.53. The van der Waals surface area contributed by atoms with Crippen molar-refractivity contribution in [2.45, 2.75) is 37.4 Å². The highest BCUT2D eigenvalue weighted by molar-refractivity contribution is 5.84. The van der Waals surface area contributed by atoms with Gasteiger partial charge in [0.1, 0.15) is 0 Å². The van der Waals surface area contributed by atoms with Crippen LogP contribution in [-0.4, -0.2) is 53.3 Å². The molecule has 2 aliphatic heterocycles. The Morgan fingerprint density at radius 1 is 1.45 bits per heavy atom. The van der Waals surface area contributed by atoms with Gasteiger partial charge in [0.2, 0.25) is 5.91 Å². The number of morpholine rings is 1. The predicted molar refractivity (Wildman–Crippen MR) is 68.8 cm³/mol. The Morgan fingerprint density at radius 3 is 2.80 bits per heavy atom. The minimum Gasteiger partial charge on any atom is -0.480 e. The number of aliphatic carboxylic acids is 1. The first kappa shape index (κ1) is 14.5. The van der Waals surface area contributed by atoms with Crippen molar-refractivity contribution in [1.29, 1.82) is 0 Å². The summed E-state index contributed by atoms with van der Waals surface area (Å²) in [5, 5.41) is 17.0. The number of hydrogen-bond acceptors (Lipinski definition) is 5. The van der Waals surface area contributed by atoms with Crippen LogP contribution in [0.3, 0.4) is 0 Å². The highest BCUT2D eigenvalue weighted by atomic mass is 16.5. The number of carbonyl (C=O) groups is 2. The van der Waals surface area contributed by atoms with Crippen LogP contribution in [0.5, 0.6) is 0 Å². The molecule has 0 bridgehead atoms. The zero-order valence-corrected chi connectivity index (χ0v) is 11.1. The van der Waals surface area contributed by atoms with E-state index in [0.717, 1.165) is 0 Å². The van der Waals surface area contributed by atoms with Crippen LogP contribution in [0.1, 0.15) is 25.7 Å². The standard InChI is InChI=1S/C13H17N3O4/c1-2-3-5-13(14-15-13)6-4-11(17)16-7-8-20-9-10(16)12(18)19/h1,10H,3-9H2,(H,18,19). The summed E-state index contributed by atoms with van der Waals surface area (Å²) in [6, 6.07) is -0.897. The summed E-state index contributed by atoms with van der Waals surface area (Å²) in [7, 11) is 0. The summed E-state index contributed by atoms with van der Waals surface area (Å²) >= 11 is 0. The van der Waals surface area contributed by atoms with E-state index in [-0.39, 0.29) is 18.9 Å². The molecule has 1 amide bonds. The van der Waals surface area contributed by atoms with Gasteiger partial charge in [0.15, 0.2) is 11.7 Å². The van der Waals surface area contributed by atoms with Crippen molar-refractivity contribution in [2.24, 2.45) is 10.2 Å². The second-order valence-electron chi connectivity index (χ2n) is 4.90. The van der Waals surface area contributed by atoms with Crippen LogP contribution in [0.4, 0.5) is 0 Å². The van der Waals surface area contributed by atoms with Crippen LogP contribution < -0.4 is 0 Å². The highest BCUT2D eigenvalue weighted by Crippen LogP contribution is 2.37. The van der Waals surface area contributed by atoms with Crippen LogP contribution >= 0.6 is 0 Å². The van der Waals surface area contributed by atoms with E-state index in [1.165, 1.54) is 4.90 Å². The second-order valence-corrected chi connectivity index (χ2v) is 4.90. The summed E-state index contributed by atoms with van der Waals surface area (Å²) in [5.41, 5.74) is -0.507. The van der Waals surface area contributed by atoms with Gasteiger partial charge in [0.25, 0.3) is 0 Å². The van der Waals surface area contributed by atoms with Crippen molar-refractivity contribution < 1.29 is 19.4 Å². The van der Waals surface area contributed by atoms with Crippen LogP contribution in [0.25, 0.3) is 0 Å². The molecule has 1 unspecified atom stereocenters. The monoisotopic (exact) mass is 279 g/mol. The molecule has 0 aliphatic carbocycles. The lowest BCUT2D eigenvalue weighted by atomic mass is 10.0. The van der Waals surface area contributed by atoms with E-state index in [2.05, 4.69) is 16.1 Å². The molecule has 0 saturated carbocycles. The smallest absolute Gasteiger partial charge is 0.328 e. The average Bonchev–Trinajstić information content (AvgIpc) is 3.23. The lowest BCUT2D eigenvalue weighted by molar-refractivity contribution is -0.158. The zero-order chi connectivity index (χ0) is 14.6. The summed E-state index contributed by atoms with van der Waals surface area (Å²) in [5.74, 6) is 1.29.